The first-order chi connectivity index (χ1) is 6.43. The summed E-state index contributed by atoms with van der Waals surface area (Å²) >= 11 is 5.28. The second-order valence-electron chi connectivity index (χ2n) is 2.58. The molecule has 0 bridgehead atoms. The van der Waals surface area contributed by atoms with Crippen molar-refractivity contribution < 1.29 is 23.2 Å². The monoisotopic (exact) mass is 224 g/mol. The van der Waals surface area contributed by atoms with E-state index in [1.807, 2.05) is 0 Å². The van der Waals surface area contributed by atoms with Crippen LogP contribution in [0.2, 0.25) is 5.02 Å². The van der Waals surface area contributed by atoms with Crippen LogP contribution in [0.3, 0.4) is 0 Å². The van der Waals surface area contributed by atoms with Gasteiger partial charge in [-0.25, -0.2) is 13.2 Å². The van der Waals surface area contributed by atoms with Crippen LogP contribution in [-0.2, 0) is 0 Å². The van der Waals surface area contributed by atoms with Gasteiger partial charge in [-0.1, -0.05) is 17.7 Å². The maximum Gasteiger partial charge on any atom is 0.491 e. The van der Waals surface area contributed by atoms with Crippen molar-refractivity contribution in [1.29, 1.82) is 0 Å². The Bertz CT molecular complexity index is 346. The molecule has 0 saturated carbocycles. The summed E-state index contributed by atoms with van der Waals surface area (Å²) in [5.74, 6) is -1.11. The van der Waals surface area contributed by atoms with Gasteiger partial charge in [0.25, 0.3) is 6.43 Å². The number of alkyl halides is 2. The van der Waals surface area contributed by atoms with Crippen molar-refractivity contribution in [2.75, 3.05) is 0 Å². The Hall–Kier alpha value is -0.715. The zero-order valence-corrected chi connectivity index (χ0v) is 7.47. The normalized spacial score (nSPS) is 10.8. The van der Waals surface area contributed by atoms with Crippen LogP contribution in [0, 0.1) is 5.82 Å². The SMILES string of the molecule is OB(O)c1cc(C(F)F)cc(Cl)c1F. The Balaban J connectivity index is 3.28. The molecule has 1 rings (SSSR count). The van der Waals surface area contributed by atoms with E-state index in [1.54, 1.807) is 0 Å². The van der Waals surface area contributed by atoms with E-state index in [9.17, 15) is 13.2 Å². The van der Waals surface area contributed by atoms with Crippen molar-refractivity contribution in [3.05, 3.63) is 28.5 Å². The van der Waals surface area contributed by atoms with Gasteiger partial charge in [0.05, 0.1) is 5.02 Å². The number of halogens is 4. The maximum absolute atomic E-state index is 13.0. The second-order valence-corrected chi connectivity index (χ2v) is 2.99. The molecule has 7 heteroatoms. The zero-order valence-electron chi connectivity index (χ0n) is 6.72. The first-order valence-corrected chi connectivity index (χ1v) is 3.94. The molecule has 0 fully saturated rings. The van der Waals surface area contributed by atoms with E-state index in [4.69, 9.17) is 21.6 Å². The van der Waals surface area contributed by atoms with Crippen LogP contribution < -0.4 is 5.46 Å². The molecule has 14 heavy (non-hydrogen) atoms. The molecule has 76 valence electrons. The largest absolute Gasteiger partial charge is 0.491 e. The lowest BCUT2D eigenvalue weighted by atomic mass is 9.79. The standard InChI is InChI=1S/C7H5BClF3O2/c9-5-2-3(7(11)12)1-4(6(5)10)8(13)14/h1-2,7,13-14H. The molecule has 0 unspecified atom stereocenters. The smallest absolute Gasteiger partial charge is 0.423 e. The van der Waals surface area contributed by atoms with Gasteiger partial charge >= 0.3 is 7.12 Å². The number of rotatable bonds is 2. The molecule has 0 saturated heterocycles. The van der Waals surface area contributed by atoms with Crippen LogP contribution >= 0.6 is 11.6 Å². The molecule has 0 radical (unpaired) electrons. The molecule has 0 aliphatic rings. The third kappa shape index (κ3) is 2.20. The van der Waals surface area contributed by atoms with Crippen LogP contribution in [0.4, 0.5) is 13.2 Å². The highest BCUT2D eigenvalue weighted by Crippen LogP contribution is 2.23. The molecular weight excluding hydrogens is 219 g/mol. The van der Waals surface area contributed by atoms with Crippen molar-refractivity contribution in [1.82, 2.24) is 0 Å². The molecule has 2 nitrogen and oxygen atoms in total. The fourth-order valence-electron chi connectivity index (χ4n) is 0.946. The number of hydrogen-bond acceptors (Lipinski definition) is 2. The van der Waals surface area contributed by atoms with Gasteiger partial charge in [0.2, 0.25) is 0 Å². The molecule has 0 aromatic heterocycles. The first kappa shape index (κ1) is 11.4. The minimum Gasteiger partial charge on any atom is -0.423 e. The van der Waals surface area contributed by atoms with Crippen LogP contribution in [0.25, 0.3) is 0 Å². The Kier molecular flexibility index (Phi) is 3.41. The Morgan fingerprint density at radius 1 is 1.29 bits per heavy atom. The second kappa shape index (κ2) is 4.21. The summed E-state index contributed by atoms with van der Waals surface area (Å²) in [5, 5.41) is 16.7. The van der Waals surface area contributed by atoms with E-state index in [1.165, 1.54) is 0 Å². The van der Waals surface area contributed by atoms with Gasteiger partial charge in [0, 0.05) is 11.0 Å². The van der Waals surface area contributed by atoms with Crippen LogP contribution in [-0.4, -0.2) is 17.2 Å². The number of benzene rings is 1. The Morgan fingerprint density at radius 3 is 2.29 bits per heavy atom. The lowest BCUT2D eigenvalue weighted by molar-refractivity contribution is 0.151. The summed E-state index contributed by atoms with van der Waals surface area (Å²) in [4.78, 5) is 0. The average molecular weight is 224 g/mol. The molecule has 1 aromatic rings. The van der Waals surface area contributed by atoms with Crippen molar-refractivity contribution in [2.24, 2.45) is 0 Å². The van der Waals surface area contributed by atoms with Gasteiger partial charge < -0.3 is 10.0 Å². The van der Waals surface area contributed by atoms with Crippen LogP contribution in [0.5, 0.6) is 0 Å². The molecule has 0 spiro atoms. The fourth-order valence-corrected chi connectivity index (χ4v) is 1.18. The van der Waals surface area contributed by atoms with Crippen molar-refractivity contribution in [3.8, 4) is 0 Å². The molecule has 0 heterocycles. The van der Waals surface area contributed by atoms with E-state index >= 15 is 0 Å². The highest BCUT2D eigenvalue weighted by atomic mass is 35.5. The lowest BCUT2D eigenvalue weighted by Crippen LogP contribution is -2.33. The minimum absolute atomic E-state index is 0.556. The third-order valence-corrected chi connectivity index (χ3v) is 1.88. The van der Waals surface area contributed by atoms with Crippen LogP contribution in [0.1, 0.15) is 12.0 Å². The highest BCUT2D eigenvalue weighted by Gasteiger charge is 2.22. The third-order valence-electron chi connectivity index (χ3n) is 1.61. The topological polar surface area (TPSA) is 40.5 Å². The average Bonchev–Trinajstić information content (AvgIpc) is 2.08. The van der Waals surface area contributed by atoms with Gasteiger partial charge in [-0.15, -0.1) is 0 Å². The summed E-state index contributed by atoms with van der Waals surface area (Å²) in [5.41, 5.74) is -1.22. The summed E-state index contributed by atoms with van der Waals surface area (Å²) in [6.07, 6.45) is -2.84. The first-order valence-electron chi connectivity index (χ1n) is 3.56. The summed E-state index contributed by atoms with van der Waals surface area (Å²) in [6.45, 7) is 0. The van der Waals surface area contributed by atoms with Gasteiger partial charge in [-0.3, -0.25) is 0 Å². The maximum atomic E-state index is 13.0. The van der Waals surface area contributed by atoms with Gasteiger partial charge in [0.1, 0.15) is 5.82 Å². The van der Waals surface area contributed by atoms with Crippen molar-refractivity contribution in [2.45, 2.75) is 6.43 Å². The van der Waals surface area contributed by atoms with Crippen molar-refractivity contribution >= 4 is 24.2 Å². The Morgan fingerprint density at radius 2 is 1.86 bits per heavy atom. The summed E-state index contributed by atoms with van der Waals surface area (Å²) in [7, 11) is -2.16. The molecule has 1 aromatic carbocycles. The van der Waals surface area contributed by atoms with E-state index in [0.717, 1.165) is 6.07 Å². The van der Waals surface area contributed by atoms with Gasteiger partial charge in [-0.05, 0) is 6.07 Å². The fraction of sp³-hybridized carbons (Fsp3) is 0.143. The number of hydrogen-bond donors (Lipinski definition) is 2. The predicted octanol–water partition coefficient (Wildman–Crippen LogP) is 1.10. The zero-order chi connectivity index (χ0) is 10.9. The molecular formula is C7H5BClF3O2. The molecule has 0 aliphatic carbocycles. The van der Waals surface area contributed by atoms with Crippen molar-refractivity contribution in [3.63, 3.8) is 0 Å². The molecule has 2 N–H and O–H groups in total. The van der Waals surface area contributed by atoms with E-state index in [-0.39, 0.29) is 0 Å². The summed E-state index contributed by atoms with van der Waals surface area (Å²) < 4.78 is 37.4. The molecule has 0 atom stereocenters. The van der Waals surface area contributed by atoms with Gasteiger partial charge in [-0.2, -0.15) is 0 Å². The molecule has 0 amide bonds. The van der Waals surface area contributed by atoms with Crippen LogP contribution in [0.15, 0.2) is 12.1 Å². The summed E-state index contributed by atoms with van der Waals surface area (Å²) in [6, 6.07) is 1.41. The van der Waals surface area contributed by atoms with E-state index in [0.29, 0.717) is 6.07 Å². The minimum atomic E-state index is -2.84. The highest BCUT2D eigenvalue weighted by molar-refractivity contribution is 6.59. The van der Waals surface area contributed by atoms with Gasteiger partial charge in [0.15, 0.2) is 0 Å². The lowest BCUT2D eigenvalue weighted by Gasteiger charge is -2.07. The van der Waals surface area contributed by atoms with E-state index < -0.39 is 35.4 Å². The van der Waals surface area contributed by atoms with E-state index in [2.05, 4.69) is 0 Å². The Labute approximate surface area is 83.1 Å². The predicted molar refractivity (Wildman–Crippen MR) is 46.2 cm³/mol. The molecule has 0 aliphatic heterocycles. The quantitative estimate of drug-likeness (QED) is 0.739.